The molecule has 1 atom stereocenters. The number of aryl methyl sites for hydroxylation is 1. The Labute approximate surface area is 192 Å². The third-order valence-corrected chi connectivity index (χ3v) is 5.64. The van der Waals surface area contributed by atoms with Crippen molar-refractivity contribution in [2.75, 3.05) is 25.0 Å². The van der Waals surface area contributed by atoms with E-state index in [0.717, 1.165) is 0 Å². The number of nitrogens with zero attached hydrogens (tertiary/aromatic N) is 4. The molecular weight excluding hydrogens is 431 g/mol. The van der Waals surface area contributed by atoms with Crippen LogP contribution in [0, 0.1) is 30.1 Å². The van der Waals surface area contributed by atoms with Crippen LogP contribution in [0.4, 0.5) is 20.6 Å². The molecule has 0 aliphatic carbocycles. The lowest BCUT2D eigenvalue weighted by Gasteiger charge is -2.44. The van der Waals surface area contributed by atoms with E-state index in [2.05, 4.69) is 29.5 Å². The van der Waals surface area contributed by atoms with Crippen molar-refractivity contribution in [3.8, 4) is 6.19 Å². The van der Waals surface area contributed by atoms with Crippen molar-refractivity contribution >= 4 is 35.0 Å². The molecule has 7 nitrogen and oxygen atoms in total. The summed E-state index contributed by atoms with van der Waals surface area (Å²) in [7, 11) is 0. The Morgan fingerprint density at radius 3 is 2.59 bits per heavy atom. The minimum Gasteiger partial charge on any atom is -0.335 e. The first-order valence-corrected chi connectivity index (χ1v) is 10.7. The molecule has 1 unspecified atom stereocenters. The number of hydrogen-bond donors (Lipinski definition) is 2. The van der Waals surface area contributed by atoms with Gasteiger partial charge in [-0.25, -0.2) is 14.2 Å². The van der Waals surface area contributed by atoms with Crippen LogP contribution in [-0.4, -0.2) is 47.5 Å². The van der Waals surface area contributed by atoms with E-state index in [9.17, 15) is 14.4 Å². The number of anilines is 1. The maximum absolute atomic E-state index is 13.6. The summed E-state index contributed by atoms with van der Waals surface area (Å²) in [6, 6.07) is 11.2. The van der Waals surface area contributed by atoms with Crippen LogP contribution in [0.3, 0.4) is 0 Å². The summed E-state index contributed by atoms with van der Waals surface area (Å²) in [5, 5.41) is 15.4. The molecule has 0 bridgehead atoms. The maximum atomic E-state index is 13.6. The summed E-state index contributed by atoms with van der Waals surface area (Å²) in [5.74, 6) is 0.260. The fraction of sp³-hybridized carbons (Fsp3) is 0.348. The van der Waals surface area contributed by atoms with E-state index in [1.54, 1.807) is 48.2 Å². The van der Waals surface area contributed by atoms with Crippen LogP contribution in [0.25, 0.3) is 0 Å². The zero-order valence-electron chi connectivity index (χ0n) is 18.3. The van der Waals surface area contributed by atoms with Crippen molar-refractivity contribution in [1.82, 2.24) is 15.1 Å². The number of aliphatic imine (C=N–C) groups is 1. The number of halogens is 2. The summed E-state index contributed by atoms with van der Waals surface area (Å²) >= 11 is 5.91. The van der Waals surface area contributed by atoms with Crippen LogP contribution >= 0.6 is 11.6 Å². The molecule has 2 N–H and O–H groups in total. The highest BCUT2D eigenvalue weighted by Crippen LogP contribution is 2.22. The van der Waals surface area contributed by atoms with Crippen LogP contribution in [-0.2, 0) is 0 Å². The highest BCUT2D eigenvalue weighted by atomic mass is 35.5. The van der Waals surface area contributed by atoms with Gasteiger partial charge in [0, 0.05) is 30.3 Å². The first kappa shape index (κ1) is 23.4. The van der Waals surface area contributed by atoms with Crippen LogP contribution in [0.15, 0.2) is 47.5 Å². The molecule has 2 amide bonds. The minimum absolute atomic E-state index is 0.0686. The molecule has 32 heavy (non-hydrogen) atoms. The van der Waals surface area contributed by atoms with Crippen molar-refractivity contribution < 1.29 is 9.18 Å². The number of carbonyl (C=O) groups excluding carboxylic acids is 1. The summed E-state index contributed by atoms with van der Waals surface area (Å²) in [5.41, 5.74) is 1.70. The number of amides is 2. The van der Waals surface area contributed by atoms with Gasteiger partial charge < -0.3 is 15.1 Å². The monoisotopic (exact) mass is 456 g/mol. The van der Waals surface area contributed by atoms with Gasteiger partial charge in [0.1, 0.15) is 5.82 Å². The molecule has 1 aliphatic heterocycles. The van der Waals surface area contributed by atoms with E-state index in [-0.39, 0.29) is 23.8 Å². The average Bonchev–Trinajstić information content (AvgIpc) is 2.77. The second kappa shape index (κ2) is 10.3. The molecule has 1 fully saturated rings. The summed E-state index contributed by atoms with van der Waals surface area (Å²) in [6.07, 6.45) is 1.94. The molecule has 3 rings (SSSR count). The van der Waals surface area contributed by atoms with Crippen molar-refractivity contribution in [3.63, 3.8) is 0 Å². The third-order valence-electron chi connectivity index (χ3n) is 5.39. The maximum Gasteiger partial charge on any atom is 0.321 e. The fourth-order valence-corrected chi connectivity index (χ4v) is 3.72. The third kappa shape index (κ3) is 5.68. The molecule has 0 aromatic heterocycles. The molecule has 0 saturated carbocycles. The number of nitriles is 1. The van der Waals surface area contributed by atoms with Gasteiger partial charge in [-0.1, -0.05) is 25.4 Å². The smallest absolute Gasteiger partial charge is 0.321 e. The van der Waals surface area contributed by atoms with E-state index in [1.807, 2.05) is 11.1 Å². The molecule has 1 aliphatic rings. The molecule has 1 heterocycles. The van der Waals surface area contributed by atoms with Crippen molar-refractivity contribution in [1.29, 1.82) is 5.26 Å². The van der Waals surface area contributed by atoms with Crippen LogP contribution in [0.2, 0.25) is 5.02 Å². The summed E-state index contributed by atoms with van der Waals surface area (Å²) < 4.78 is 13.6. The lowest BCUT2D eigenvalue weighted by Crippen LogP contribution is -2.60. The van der Waals surface area contributed by atoms with E-state index >= 15 is 0 Å². The predicted octanol–water partition coefficient (Wildman–Crippen LogP) is 4.72. The quantitative estimate of drug-likeness (QED) is 0.303. The van der Waals surface area contributed by atoms with Crippen LogP contribution < -0.4 is 10.6 Å². The van der Waals surface area contributed by atoms with Crippen molar-refractivity contribution in [2.45, 2.75) is 26.8 Å². The van der Waals surface area contributed by atoms with Crippen molar-refractivity contribution in [2.24, 2.45) is 10.9 Å². The molecule has 2 aromatic rings. The first-order valence-electron chi connectivity index (χ1n) is 10.4. The fourth-order valence-electron chi connectivity index (χ4n) is 3.60. The van der Waals surface area contributed by atoms with Gasteiger partial charge in [0.15, 0.2) is 6.19 Å². The molecule has 9 heteroatoms. The second-order valence-corrected chi connectivity index (χ2v) is 8.43. The first-order chi connectivity index (χ1) is 15.3. The molecule has 0 radical (unpaired) electrons. The van der Waals surface area contributed by atoms with E-state index in [4.69, 9.17) is 11.6 Å². The second-order valence-electron chi connectivity index (χ2n) is 7.99. The van der Waals surface area contributed by atoms with E-state index in [0.29, 0.717) is 47.6 Å². The number of guanidine groups is 1. The van der Waals surface area contributed by atoms with Crippen LogP contribution in [0.5, 0.6) is 0 Å². The molecular formula is C23H26ClFN6O. The zero-order valence-corrected chi connectivity index (χ0v) is 19.0. The van der Waals surface area contributed by atoms with Gasteiger partial charge in [-0.2, -0.15) is 5.26 Å². The number of benzene rings is 2. The Kier molecular flexibility index (Phi) is 7.54. The van der Waals surface area contributed by atoms with Gasteiger partial charge >= 0.3 is 6.03 Å². The Bertz CT molecular complexity index is 1030. The lowest BCUT2D eigenvalue weighted by atomic mass is 10.00. The number of hydrogen-bond acceptors (Lipinski definition) is 3. The number of carbonyl (C=O) groups is 1. The Morgan fingerprint density at radius 2 is 1.97 bits per heavy atom. The van der Waals surface area contributed by atoms with Gasteiger partial charge in [0.25, 0.3) is 0 Å². The zero-order chi connectivity index (χ0) is 23.3. The van der Waals surface area contributed by atoms with Crippen LogP contribution in [0.1, 0.15) is 19.4 Å². The number of urea groups is 1. The normalized spacial score (nSPS) is 16.7. The predicted molar refractivity (Wildman–Crippen MR) is 124 cm³/mol. The number of rotatable bonds is 3. The molecule has 0 spiro atoms. The van der Waals surface area contributed by atoms with Gasteiger partial charge in [-0.15, -0.1) is 0 Å². The Morgan fingerprint density at radius 1 is 1.25 bits per heavy atom. The molecule has 2 aromatic carbocycles. The van der Waals surface area contributed by atoms with Crippen molar-refractivity contribution in [3.05, 3.63) is 58.9 Å². The number of piperazine rings is 1. The highest BCUT2D eigenvalue weighted by Gasteiger charge is 2.33. The lowest BCUT2D eigenvalue weighted by molar-refractivity contribution is 0.118. The summed E-state index contributed by atoms with van der Waals surface area (Å²) in [4.78, 5) is 21.1. The van der Waals surface area contributed by atoms with Gasteiger partial charge in [-0.05, 0) is 60.9 Å². The minimum atomic E-state index is -0.306. The highest BCUT2D eigenvalue weighted by molar-refractivity contribution is 6.30. The largest absolute Gasteiger partial charge is 0.335 e. The molecule has 1 saturated heterocycles. The average molecular weight is 457 g/mol. The Balaban J connectivity index is 1.78. The standard InChI is InChI=1S/C23H26ClFN6O/c1-15(2)21-13-30(23(32)29-18-6-4-17(24)5-7-18)10-11-31(21)22(27-14-26)28-19-8-9-20(25)16(3)12-19/h4-9,12,15,21H,10-11,13H2,1-3H3,(H,27,28)(H,29,32). The van der Waals surface area contributed by atoms with Gasteiger partial charge in [-0.3, -0.25) is 5.32 Å². The van der Waals surface area contributed by atoms with E-state index < -0.39 is 0 Å². The van der Waals surface area contributed by atoms with E-state index in [1.165, 1.54) is 6.07 Å². The van der Waals surface area contributed by atoms with Gasteiger partial charge in [0.2, 0.25) is 5.96 Å². The Hall–Kier alpha value is -3.31. The molecule has 168 valence electrons. The SMILES string of the molecule is Cc1cc(N=C(NC#N)N2CCN(C(=O)Nc3ccc(Cl)cc3)CC2C(C)C)ccc1F. The number of nitrogens with one attached hydrogen (secondary N) is 2. The van der Waals surface area contributed by atoms with Gasteiger partial charge in [0.05, 0.1) is 11.7 Å². The summed E-state index contributed by atoms with van der Waals surface area (Å²) in [6.45, 7) is 7.20. The topological polar surface area (TPSA) is 83.8 Å².